The summed E-state index contributed by atoms with van der Waals surface area (Å²) in [6.07, 6.45) is 0. The topological polar surface area (TPSA) is 9.86 Å². The van der Waals surface area contributed by atoms with E-state index < -0.39 is 0 Å². The molecule has 0 aliphatic heterocycles. The predicted octanol–water partition coefficient (Wildman–Crippen LogP) is 8.61. The SMILES string of the molecule is Cn1c2ccccc2c2c3ccccc3n(-c3cccc(-c4ccc(-c5ccccc5)cc4)c3)c21. The van der Waals surface area contributed by atoms with Gasteiger partial charge in [0.05, 0.1) is 11.0 Å². The van der Waals surface area contributed by atoms with Crippen LogP contribution in [-0.4, -0.2) is 9.13 Å². The molecule has 2 nitrogen and oxygen atoms in total. The number of aryl methyl sites for hydroxylation is 1. The first kappa shape index (κ1) is 19.9. The minimum absolute atomic E-state index is 1.17. The lowest BCUT2D eigenvalue weighted by Crippen LogP contribution is -1.99. The summed E-state index contributed by atoms with van der Waals surface area (Å²) in [5.41, 5.74) is 9.79. The van der Waals surface area contributed by atoms with Gasteiger partial charge in [0, 0.05) is 28.9 Å². The molecule has 0 unspecified atom stereocenters. The minimum Gasteiger partial charge on any atom is -0.329 e. The normalized spacial score (nSPS) is 11.6. The highest BCUT2D eigenvalue weighted by molar-refractivity contribution is 6.21. The van der Waals surface area contributed by atoms with Gasteiger partial charge in [-0.25, -0.2) is 0 Å². The third kappa shape index (κ3) is 3.04. The molecule has 5 aromatic carbocycles. The van der Waals surface area contributed by atoms with E-state index in [-0.39, 0.29) is 0 Å². The van der Waals surface area contributed by atoms with E-state index in [1.165, 1.54) is 60.8 Å². The van der Waals surface area contributed by atoms with Crippen LogP contribution in [0.3, 0.4) is 0 Å². The molecule has 7 rings (SSSR count). The van der Waals surface area contributed by atoms with Crippen molar-refractivity contribution >= 4 is 32.8 Å². The number of rotatable bonds is 3. The molecular formula is C33H24N2. The summed E-state index contributed by atoms with van der Waals surface area (Å²) in [5, 5.41) is 3.90. The van der Waals surface area contributed by atoms with Crippen LogP contribution in [0.4, 0.5) is 0 Å². The number of hydrogen-bond donors (Lipinski definition) is 0. The first-order chi connectivity index (χ1) is 17.3. The molecule has 0 aliphatic carbocycles. The van der Waals surface area contributed by atoms with E-state index in [0.717, 1.165) is 0 Å². The molecule has 0 radical (unpaired) electrons. The van der Waals surface area contributed by atoms with E-state index in [1.54, 1.807) is 0 Å². The zero-order valence-corrected chi connectivity index (χ0v) is 19.5. The van der Waals surface area contributed by atoms with Gasteiger partial charge in [0.2, 0.25) is 0 Å². The maximum Gasteiger partial charge on any atom is 0.126 e. The summed E-state index contributed by atoms with van der Waals surface area (Å²) in [5.74, 6) is 0. The van der Waals surface area contributed by atoms with Crippen LogP contribution >= 0.6 is 0 Å². The standard InChI is InChI=1S/C33H24N2/c1-34-30-16-7-5-14-28(30)32-29-15-6-8-17-31(29)35(33(32)34)27-13-9-12-26(22-27)25-20-18-24(19-21-25)23-10-3-2-4-11-23/h2-22H,1H3. The molecule has 0 aliphatic rings. The Kier molecular flexibility index (Phi) is 4.40. The highest BCUT2D eigenvalue weighted by Crippen LogP contribution is 2.39. The second kappa shape index (κ2) is 7.75. The molecule has 166 valence electrons. The van der Waals surface area contributed by atoms with Crippen LogP contribution in [-0.2, 0) is 7.05 Å². The zero-order valence-electron chi connectivity index (χ0n) is 19.5. The predicted molar refractivity (Wildman–Crippen MR) is 148 cm³/mol. The Morgan fingerprint density at radius 3 is 1.74 bits per heavy atom. The van der Waals surface area contributed by atoms with Crippen molar-refractivity contribution in [2.24, 2.45) is 7.05 Å². The number of benzene rings is 5. The average molecular weight is 449 g/mol. The highest BCUT2D eigenvalue weighted by atomic mass is 15.1. The summed E-state index contributed by atoms with van der Waals surface area (Å²) in [6, 6.07) is 45.7. The summed E-state index contributed by atoms with van der Waals surface area (Å²) in [4.78, 5) is 0. The summed E-state index contributed by atoms with van der Waals surface area (Å²) < 4.78 is 4.73. The molecule has 0 N–H and O–H groups in total. The van der Waals surface area contributed by atoms with Crippen LogP contribution in [0.1, 0.15) is 0 Å². The van der Waals surface area contributed by atoms with Gasteiger partial charge < -0.3 is 4.57 Å². The second-order valence-corrected chi connectivity index (χ2v) is 9.12. The lowest BCUT2D eigenvalue weighted by molar-refractivity contribution is 0.962. The van der Waals surface area contributed by atoms with Crippen molar-refractivity contribution in [1.82, 2.24) is 9.13 Å². The van der Waals surface area contributed by atoms with Crippen LogP contribution in [0.15, 0.2) is 127 Å². The molecule has 2 aromatic heterocycles. The first-order valence-corrected chi connectivity index (χ1v) is 12.0. The van der Waals surface area contributed by atoms with Gasteiger partial charge in [0.15, 0.2) is 0 Å². The van der Waals surface area contributed by atoms with Crippen molar-refractivity contribution in [2.45, 2.75) is 0 Å². The summed E-state index contributed by atoms with van der Waals surface area (Å²) in [6.45, 7) is 0. The Morgan fingerprint density at radius 1 is 0.457 bits per heavy atom. The fourth-order valence-electron chi connectivity index (χ4n) is 5.47. The highest BCUT2D eigenvalue weighted by Gasteiger charge is 2.19. The van der Waals surface area contributed by atoms with E-state index in [9.17, 15) is 0 Å². The molecule has 0 amide bonds. The lowest BCUT2D eigenvalue weighted by atomic mass is 10.00. The smallest absolute Gasteiger partial charge is 0.126 e. The van der Waals surface area contributed by atoms with Crippen LogP contribution in [0.2, 0.25) is 0 Å². The van der Waals surface area contributed by atoms with Crippen molar-refractivity contribution in [3.8, 4) is 27.9 Å². The average Bonchev–Trinajstić information content (AvgIpc) is 3.42. The molecule has 2 heterocycles. The van der Waals surface area contributed by atoms with Crippen LogP contribution in [0.25, 0.3) is 60.8 Å². The van der Waals surface area contributed by atoms with Gasteiger partial charge in [0.25, 0.3) is 0 Å². The van der Waals surface area contributed by atoms with Gasteiger partial charge in [-0.05, 0) is 46.5 Å². The van der Waals surface area contributed by atoms with Crippen molar-refractivity contribution < 1.29 is 0 Å². The van der Waals surface area contributed by atoms with Gasteiger partial charge in [-0.15, -0.1) is 0 Å². The zero-order chi connectivity index (χ0) is 23.4. The molecule has 0 fully saturated rings. The third-order valence-electron chi connectivity index (χ3n) is 7.13. The summed E-state index contributed by atoms with van der Waals surface area (Å²) >= 11 is 0. The van der Waals surface area contributed by atoms with E-state index in [2.05, 4.69) is 144 Å². The molecule has 0 spiro atoms. The number of para-hydroxylation sites is 2. The van der Waals surface area contributed by atoms with E-state index in [1.807, 2.05) is 0 Å². The summed E-state index contributed by atoms with van der Waals surface area (Å²) in [7, 11) is 2.17. The largest absolute Gasteiger partial charge is 0.329 e. The fraction of sp³-hybridized carbons (Fsp3) is 0.0303. The van der Waals surface area contributed by atoms with Crippen LogP contribution < -0.4 is 0 Å². The van der Waals surface area contributed by atoms with Crippen molar-refractivity contribution in [1.29, 1.82) is 0 Å². The Morgan fingerprint density at radius 2 is 1.00 bits per heavy atom. The molecule has 0 atom stereocenters. The molecule has 0 saturated carbocycles. The van der Waals surface area contributed by atoms with Gasteiger partial charge in [-0.2, -0.15) is 0 Å². The van der Waals surface area contributed by atoms with Crippen LogP contribution in [0.5, 0.6) is 0 Å². The molecule has 35 heavy (non-hydrogen) atoms. The van der Waals surface area contributed by atoms with Crippen molar-refractivity contribution in [3.63, 3.8) is 0 Å². The Labute approximate surface area is 204 Å². The Hall–Kier alpha value is -4.56. The van der Waals surface area contributed by atoms with E-state index in [4.69, 9.17) is 0 Å². The van der Waals surface area contributed by atoms with Gasteiger partial charge >= 0.3 is 0 Å². The van der Waals surface area contributed by atoms with Gasteiger partial charge in [0.1, 0.15) is 5.65 Å². The van der Waals surface area contributed by atoms with E-state index in [0.29, 0.717) is 0 Å². The maximum absolute atomic E-state index is 2.41. The monoisotopic (exact) mass is 448 g/mol. The Bertz CT molecular complexity index is 1830. The molecule has 0 saturated heterocycles. The Balaban J connectivity index is 1.42. The number of fused-ring (bicyclic) bond motifs is 5. The van der Waals surface area contributed by atoms with Gasteiger partial charge in [-0.3, -0.25) is 4.57 Å². The van der Waals surface area contributed by atoms with Crippen molar-refractivity contribution in [2.75, 3.05) is 0 Å². The fourth-order valence-corrected chi connectivity index (χ4v) is 5.47. The molecule has 2 heteroatoms. The van der Waals surface area contributed by atoms with E-state index >= 15 is 0 Å². The second-order valence-electron chi connectivity index (χ2n) is 9.12. The number of nitrogens with zero attached hydrogens (tertiary/aromatic N) is 2. The maximum atomic E-state index is 2.41. The first-order valence-electron chi connectivity index (χ1n) is 12.0. The molecular weight excluding hydrogens is 424 g/mol. The number of aromatic nitrogens is 2. The minimum atomic E-state index is 1.17. The molecule has 7 aromatic rings. The quantitative estimate of drug-likeness (QED) is 0.256. The van der Waals surface area contributed by atoms with Crippen LogP contribution in [0, 0.1) is 0 Å². The third-order valence-corrected chi connectivity index (χ3v) is 7.13. The molecule has 0 bridgehead atoms. The van der Waals surface area contributed by atoms with Crippen molar-refractivity contribution in [3.05, 3.63) is 127 Å². The number of hydrogen-bond acceptors (Lipinski definition) is 0. The lowest BCUT2D eigenvalue weighted by Gasteiger charge is -2.12. The van der Waals surface area contributed by atoms with Gasteiger partial charge in [-0.1, -0.05) is 103 Å².